The number of likely N-dealkylation sites (N-methyl/N-ethyl adjacent to an activating group) is 1. The molecule has 25 heavy (non-hydrogen) atoms. The lowest BCUT2D eigenvalue weighted by Gasteiger charge is -2.42. The van der Waals surface area contributed by atoms with Crippen molar-refractivity contribution in [1.29, 1.82) is 0 Å². The van der Waals surface area contributed by atoms with Crippen molar-refractivity contribution in [2.75, 3.05) is 11.4 Å². The molecule has 0 atom stereocenters. The number of halogens is 2. The van der Waals surface area contributed by atoms with Crippen LogP contribution in [0.3, 0.4) is 0 Å². The third-order valence-electron chi connectivity index (χ3n) is 4.57. The van der Waals surface area contributed by atoms with Crippen molar-refractivity contribution in [1.82, 2.24) is 0 Å². The summed E-state index contributed by atoms with van der Waals surface area (Å²) in [6.45, 7) is 9.34. The minimum absolute atomic E-state index is 0.116. The summed E-state index contributed by atoms with van der Waals surface area (Å²) < 4.78 is 15.8. The summed E-state index contributed by atoms with van der Waals surface area (Å²) in [6.07, 6.45) is 3.86. The molecule has 4 heteroatoms. The van der Waals surface area contributed by atoms with Crippen molar-refractivity contribution in [2.45, 2.75) is 33.2 Å². The van der Waals surface area contributed by atoms with Crippen molar-refractivity contribution in [3.63, 3.8) is 0 Å². The molecule has 0 aromatic heterocycles. The van der Waals surface area contributed by atoms with Gasteiger partial charge in [-0.1, -0.05) is 12.1 Å². The lowest BCUT2D eigenvalue weighted by molar-refractivity contribution is 0.561. The van der Waals surface area contributed by atoms with Crippen molar-refractivity contribution >= 4 is 45.8 Å². The average molecular weight is 448 g/mol. The molecule has 0 aliphatic carbocycles. The van der Waals surface area contributed by atoms with Gasteiger partial charge >= 0.3 is 0 Å². The highest BCUT2D eigenvalue weighted by molar-refractivity contribution is 14.1. The number of nitrogens with zero attached hydrogens (tertiary/aromatic N) is 2. The molecule has 3 rings (SSSR count). The normalized spacial score (nSPS) is 16.1. The second kappa shape index (κ2) is 6.90. The maximum atomic E-state index is 14.7. The number of allylic oxidation sites excluding steroid dienone is 1. The molecule has 0 unspecified atom stereocenters. The highest BCUT2D eigenvalue weighted by Gasteiger charge is 2.30. The minimum Gasteiger partial charge on any atom is -0.363 e. The molecule has 1 heterocycles. The molecular weight excluding hydrogens is 426 g/mol. The van der Waals surface area contributed by atoms with E-state index < -0.39 is 0 Å². The van der Waals surface area contributed by atoms with Crippen LogP contribution < -0.4 is 4.90 Å². The third kappa shape index (κ3) is 3.64. The molecule has 1 aliphatic rings. The number of fused-ring (bicyclic) bond motifs is 1. The molecule has 130 valence electrons. The molecule has 0 radical (unpaired) electrons. The molecule has 2 aromatic carbocycles. The lowest BCUT2D eigenvalue weighted by atomic mass is 9.88. The van der Waals surface area contributed by atoms with Crippen LogP contribution in [0.2, 0.25) is 0 Å². The van der Waals surface area contributed by atoms with E-state index in [0.29, 0.717) is 5.56 Å². The number of benzene rings is 2. The molecule has 0 N–H and O–H groups in total. The summed E-state index contributed by atoms with van der Waals surface area (Å²) in [5.74, 6) is -0.239. The largest absolute Gasteiger partial charge is 0.363 e. The first-order valence-electron chi connectivity index (χ1n) is 8.42. The number of hydrogen-bond acceptors (Lipinski definition) is 2. The Labute approximate surface area is 162 Å². The lowest BCUT2D eigenvalue weighted by Crippen LogP contribution is -2.45. The smallest absolute Gasteiger partial charge is 0.134 e. The van der Waals surface area contributed by atoms with Crippen molar-refractivity contribution in [3.8, 4) is 0 Å². The number of hydrogen-bond donors (Lipinski definition) is 0. The fourth-order valence-corrected chi connectivity index (χ4v) is 4.02. The summed E-state index contributed by atoms with van der Waals surface area (Å²) in [7, 11) is 0. The van der Waals surface area contributed by atoms with E-state index in [1.54, 1.807) is 12.3 Å². The number of rotatable bonds is 3. The zero-order chi connectivity index (χ0) is 18.2. The Bertz CT molecular complexity index is 868. The van der Waals surface area contributed by atoms with Gasteiger partial charge in [0.25, 0.3) is 0 Å². The van der Waals surface area contributed by atoms with Crippen LogP contribution in [0, 0.1) is 9.39 Å². The first-order valence-corrected chi connectivity index (χ1v) is 9.50. The van der Waals surface area contributed by atoms with Gasteiger partial charge in [-0.3, -0.25) is 4.99 Å². The van der Waals surface area contributed by atoms with E-state index in [0.717, 1.165) is 27.1 Å². The van der Waals surface area contributed by atoms with Gasteiger partial charge in [0.15, 0.2) is 0 Å². The fraction of sp³-hybridized carbons (Fsp3) is 0.286. The molecule has 0 saturated heterocycles. The van der Waals surface area contributed by atoms with Crippen molar-refractivity contribution in [2.24, 2.45) is 4.99 Å². The quantitative estimate of drug-likeness (QED) is 0.403. The van der Waals surface area contributed by atoms with Crippen LogP contribution in [0.15, 0.2) is 47.5 Å². The van der Waals surface area contributed by atoms with Gasteiger partial charge in [-0.05, 0) is 86.2 Å². The Morgan fingerprint density at radius 3 is 2.68 bits per heavy atom. The monoisotopic (exact) mass is 448 g/mol. The SMILES string of the molecule is CCN1c2cc(F)c(C=Nc3cccc(I)c3)cc2C(C)=CC1(C)C. The molecule has 0 spiro atoms. The second-order valence-electron chi connectivity index (χ2n) is 6.85. The van der Waals surface area contributed by atoms with Crippen LogP contribution in [0.4, 0.5) is 15.8 Å². The third-order valence-corrected chi connectivity index (χ3v) is 5.24. The van der Waals surface area contributed by atoms with E-state index in [1.807, 2.05) is 30.3 Å². The summed E-state index contributed by atoms with van der Waals surface area (Å²) >= 11 is 2.25. The maximum absolute atomic E-state index is 14.7. The summed E-state index contributed by atoms with van der Waals surface area (Å²) in [6, 6.07) is 11.4. The van der Waals surface area contributed by atoms with Gasteiger partial charge in [-0.15, -0.1) is 0 Å². The first kappa shape index (κ1) is 18.1. The molecule has 2 aromatic rings. The van der Waals surface area contributed by atoms with Crippen LogP contribution in [-0.2, 0) is 0 Å². The Kier molecular flexibility index (Phi) is 5.00. The Morgan fingerprint density at radius 2 is 2.00 bits per heavy atom. The molecule has 0 fully saturated rings. The van der Waals surface area contributed by atoms with Crippen LogP contribution in [0.1, 0.15) is 38.8 Å². The van der Waals surface area contributed by atoms with Gasteiger partial charge in [-0.2, -0.15) is 0 Å². The number of aliphatic imine (C=N–C) groups is 1. The van der Waals surface area contributed by atoms with Gasteiger partial charge in [0.05, 0.1) is 11.2 Å². The van der Waals surface area contributed by atoms with Crippen molar-refractivity contribution in [3.05, 3.63) is 63.0 Å². The highest BCUT2D eigenvalue weighted by Crippen LogP contribution is 2.39. The summed E-state index contributed by atoms with van der Waals surface area (Å²) in [5.41, 5.74) is 4.43. The first-order chi connectivity index (χ1) is 11.8. The topological polar surface area (TPSA) is 15.6 Å². The van der Waals surface area contributed by atoms with Crippen LogP contribution >= 0.6 is 22.6 Å². The van der Waals surface area contributed by atoms with Crippen LogP contribution in [0.25, 0.3) is 5.57 Å². The van der Waals surface area contributed by atoms with Gasteiger partial charge in [0.2, 0.25) is 0 Å². The van der Waals surface area contributed by atoms with E-state index in [9.17, 15) is 4.39 Å². The van der Waals surface area contributed by atoms with Gasteiger partial charge in [0.1, 0.15) is 5.82 Å². The van der Waals surface area contributed by atoms with Crippen LogP contribution in [-0.4, -0.2) is 18.3 Å². The molecule has 0 amide bonds. The zero-order valence-corrected chi connectivity index (χ0v) is 17.1. The van der Waals surface area contributed by atoms with Crippen LogP contribution in [0.5, 0.6) is 0 Å². The Hall–Kier alpha value is -1.69. The fourth-order valence-electron chi connectivity index (χ4n) is 3.49. The van der Waals surface area contributed by atoms with Crippen molar-refractivity contribution < 1.29 is 4.39 Å². The van der Waals surface area contributed by atoms with Gasteiger partial charge < -0.3 is 4.90 Å². The van der Waals surface area contributed by atoms with E-state index in [4.69, 9.17) is 0 Å². The highest BCUT2D eigenvalue weighted by atomic mass is 127. The maximum Gasteiger partial charge on any atom is 0.134 e. The van der Waals surface area contributed by atoms with E-state index in [1.165, 1.54) is 5.57 Å². The predicted molar refractivity (Wildman–Crippen MR) is 114 cm³/mol. The zero-order valence-electron chi connectivity index (χ0n) is 15.0. The van der Waals surface area contributed by atoms with Gasteiger partial charge in [-0.25, -0.2) is 4.39 Å². The van der Waals surface area contributed by atoms with Gasteiger partial charge in [0, 0.05) is 33.1 Å². The van der Waals surface area contributed by atoms with E-state index >= 15 is 0 Å². The standard InChI is InChI=1S/C21H22FIN2/c1-5-25-20-11-19(22)15(9-18(20)14(2)12-21(25,3)4)13-24-17-8-6-7-16(23)10-17/h6-13H,5H2,1-4H3. The second-order valence-corrected chi connectivity index (χ2v) is 8.10. The number of anilines is 1. The summed E-state index contributed by atoms with van der Waals surface area (Å²) in [5, 5.41) is 0. The summed E-state index contributed by atoms with van der Waals surface area (Å²) in [4.78, 5) is 6.67. The van der Waals surface area contributed by atoms with E-state index in [-0.39, 0.29) is 11.4 Å². The van der Waals surface area contributed by atoms with E-state index in [2.05, 4.69) is 66.3 Å². The molecule has 0 saturated carbocycles. The molecule has 0 bridgehead atoms. The molecule has 2 nitrogen and oxygen atoms in total. The Balaban J connectivity index is 2.03. The molecule has 1 aliphatic heterocycles. The minimum atomic E-state index is -0.239. The predicted octanol–water partition coefficient (Wildman–Crippen LogP) is 6.20. The Morgan fingerprint density at radius 1 is 1.24 bits per heavy atom. The molecular formula is C21H22FIN2. The average Bonchev–Trinajstić information content (AvgIpc) is 2.53.